The molecule has 0 aliphatic carbocycles. The summed E-state index contributed by atoms with van der Waals surface area (Å²) in [6, 6.07) is 12.0. The Bertz CT molecular complexity index is 923. The van der Waals surface area contributed by atoms with Gasteiger partial charge >= 0.3 is 0 Å². The molecule has 28 heavy (non-hydrogen) atoms. The van der Waals surface area contributed by atoms with E-state index >= 15 is 0 Å². The summed E-state index contributed by atoms with van der Waals surface area (Å²) < 4.78 is 0. The molecule has 7 nitrogen and oxygen atoms in total. The molecule has 1 N–H and O–H groups in total. The number of imide groups is 1. The first kappa shape index (κ1) is 19.6. The smallest absolute Gasteiger partial charge is 0.262 e. The molecule has 1 atom stereocenters. The minimum atomic E-state index is -1.03. The van der Waals surface area contributed by atoms with Crippen LogP contribution in [-0.4, -0.2) is 53.1 Å². The number of nitrogens with zero attached hydrogens (tertiary/aromatic N) is 2. The second-order valence-electron chi connectivity index (χ2n) is 6.45. The summed E-state index contributed by atoms with van der Waals surface area (Å²) in [6.45, 7) is 1.24. The summed E-state index contributed by atoms with van der Waals surface area (Å²) in [5, 5.41) is 3.20. The predicted molar refractivity (Wildman–Crippen MR) is 104 cm³/mol. The molecule has 0 saturated heterocycles. The monoisotopic (exact) mass is 399 g/mol. The van der Waals surface area contributed by atoms with Gasteiger partial charge in [0.1, 0.15) is 6.04 Å². The van der Waals surface area contributed by atoms with Gasteiger partial charge in [0.05, 0.1) is 17.7 Å². The van der Waals surface area contributed by atoms with Gasteiger partial charge < -0.3 is 10.2 Å². The van der Waals surface area contributed by atoms with Crippen LogP contribution in [0.4, 0.5) is 5.69 Å². The maximum atomic E-state index is 12.7. The Morgan fingerprint density at radius 3 is 2.11 bits per heavy atom. The Morgan fingerprint density at radius 2 is 1.57 bits per heavy atom. The Kier molecular flexibility index (Phi) is 5.46. The molecule has 144 valence electrons. The molecule has 0 unspecified atom stereocenters. The fourth-order valence-corrected chi connectivity index (χ4v) is 3.14. The molecule has 0 aromatic heterocycles. The van der Waals surface area contributed by atoms with E-state index in [0.29, 0.717) is 10.7 Å². The highest BCUT2D eigenvalue weighted by molar-refractivity contribution is 6.30. The van der Waals surface area contributed by atoms with Crippen LogP contribution in [0.5, 0.6) is 0 Å². The molecule has 3 rings (SSSR count). The molecular formula is C20H18ClN3O4. The number of nitrogens with one attached hydrogen (secondary N) is 1. The third-order valence-electron chi connectivity index (χ3n) is 4.46. The van der Waals surface area contributed by atoms with Crippen molar-refractivity contribution >= 4 is 40.9 Å². The lowest BCUT2D eigenvalue weighted by Gasteiger charge is -2.26. The van der Waals surface area contributed by atoms with E-state index in [0.717, 1.165) is 4.90 Å². The van der Waals surface area contributed by atoms with E-state index in [4.69, 9.17) is 11.6 Å². The van der Waals surface area contributed by atoms with Crippen molar-refractivity contribution in [2.75, 3.05) is 18.9 Å². The van der Waals surface area contributed by atoms with E-state index in [2.05, 4.69) is 5.32 Å². The van der Waals surface area contributed by atoms with Gasteiger partial charge in [-0.1, -0.05) is 23.7 Å². The molecule has 1 heterocycles. The lowest BCUT2D eigenvalue weighted by Crippen LogP contribution is -2.49. The molecule has 0 bridgehead atoms. The van der Waals surface area contributed by atoms with Gasteiger partial charge in [-0.15, -0.1) is 0 Å². The molecule has 0 spiro atoms. The van der Waals surface area contributed by atoms with Crippen molar-refractivity contribution in [2.45, 2.75) is 13.0 Å². The first-order chi connectivity index (χ1) is 13.3. The summed E-state index contributed by atoms with van der Waals surface area (Å²) in [7, 11) is 1.44. The summed E-state index contributed by atoms with van der Waals surface area (Å²) in [5.41, 5.74) is 1.09. The molecule has 8 heteroatoms. The Balaban J connectivity index is 1.64. The quantitative estimate of drug-likeness (QED) is 0.782. The van der Waals surface area contributed by atoms with Crippen LogP contribution in [-0.2, 0) is 9.59 Å². The Morgan fingerprint density at radius 1 is 1.04 bits per heavy atom. The van der Waals surface area contributed by atoms with E-state index < -0.39 is 29.7 Å². The fraction of sp³-hybridized carbons (Fsp3) is 0.200. The first-order valence-corrected chi connectivity index (χ1v) is 8.94. The number of hydrogen-bond acceptors (Lipinski definition) is 4. The van der Waals surface area contributed by atoms with Gasteiger partial charge in [-0.2, -0.15) is 0 Å². The molecule has 4 amide bonds. The zero-order chi connectivity index (χ0) is 20.4. The van der Waals surface area contributed by atoms with Crippen molar-refractivity contribution in [2.24, 2.45) is 0 Å². The molecular weight excluding hydrogens is 382 g/mol. The minimum absolute atomic E-state index is 0.227. The van der Waals surface area contributed by atoms with Gasteiger partial charge in [-0.25, -0.2) is 0 Å². The summed E-state index contributed by atoms with van der Waals surface area (Å²) in [4.78, 5) is 52.0. The lowest BCUT2D eigenvalue weighted by atomic mass is 10.1. The molecule has 1 aliphatic heterocycles. The van der Waals surface area contributed by atoms with Crippen LogP contribution in [0.3, 0.4) is 0 Å². The highest BCUT2D eigenvalue weighted by Gasteiger charge is 2.41. The topological polar surface area (TPSA) is 86.8 Å². The molecule has 0 radical (unpaired) electrons. The third-order valence-corrected chi connectivity index (χ3v) is 4.71. The van der Waals surface area contributed by atoms with Gasteiger partial charge in [-0.3, -0.25) is 24.1 Å². The SMILES string of the molecule is C[C@H](C(=O)N(C)CC(=O)Nc1ccc(Cl)cc1)N1C(=O)c2ccccc2C1=O. The number of anilines is 1. The van der Waals surface area contributed by atoms with Gasteiger partial charge in [0.15, 0.2) is 0 Å². The van der Waals surface area contributed by atoms with Crippen LogP contribution in [0.2, 0.25) is 5.02 Å². The highest BCUT2D eigenvalue weighted by atomic mass is 35.5. The van der Waals surface area contributed by atoms with Crippen molar-refractivity contribution in [3.63, 3.8) is 0 Å². The number of amides is 4. The van der Waals surface area contributed by atoms with E-state index in [1.54, 1.807) is 48.5 Å². The number of benzene rings is 2. The molecule has 0 fully saturated rings. The average molecular weight is 400 g/mol. The minimum Gasteiger partial charge on any atom is -0.335 e. The van der Waals surface area contributed by atoms with Gasteiger partial charge in [0, 0.05) is 17.8 Å². The number of carbonyl (C=O) groups excluding carboxylic acids is 4. The van der Waals surface area contributed by atoms with E-state index in [9.17, 15) is 19.2 Å². The second-order valence-corrected chi connectivity index (χ2v) is 6.89. The standard InChI is InChI=1S/C20H18ClN3O4/c1-12(24-19(27)15-5-3-4-6-16(15)20(24)28)18(26)23(2)11-17(25)22-14-9-7-13(21)8-10-14/h3-10,12H,11H2,1-2H3,(H,22,25)/t12-/m1/s1. The number of carbonyl (C=O) groups is 4. The van der Waals surface area contributed by atoms with Crippen LogP contribution in [0.1, 0.15) is 27.6 Å². The maximum absolute atomic E-state index is 12.7. The van der Waals surface area contributed by atoms with Crippen LogP contribution in [0, 0.1) is 0 Å². The van der Waals surface area contributed by atoms with E-state index in [1.165, 1.54) is 18.9 Å². The van der Waals surface area contributed by atoms with Gasteiger partial charge in [0.25, 0.3) is 11.8 Å². The largest absolute Gasteiger partial charge is 0.335 e. The summed E-state index contributed by atoms with van der Waals surface area (Å²) >= 11 is 5.80. The van der Waals surface area contributed by atoms with Crippen molar-refractivity contribution in [1.29, 1.82) is 0 Å². The Hall–Kier alpha value is -3.19. The number of hydrogen-bond donors (Lipinski definition) is 1. The normalized spacial score (nSPS) is 13.9. The second kappa shape index (κ2) is 7.82. The number of rotatable bonds is 5. The number of likely N-dealkylation sites (N-methyl/N-ethyl adjacent to an activating group) is 1. The zero-order valence-corrected chi connectivity index (χ0v) is 16.1. The molecule has 2 aromatic carbocycles. The third kappa shape index (κ3) is 3.75. The zero-order valence-electron chi connectivity index (χ0n) is 15.3. The average Bonchev–Trinajstić information content (AvgIpc) is 2.93. The van der Waals surface area contributed by atoms with Crippen molar-refractivity contribution in [1.82, 2.24) is 9.80 Å². The summed E-state index contributed by atoms with van der Waals surface area (Å²) in [5.74, 6) is -1.95. The highest BCUT2D eigenvalue weighted by Crippen LogP contribution is 2.25. The number of halogens is 1. The lowest BCUT2D eigenvalue weighted by molar-refractivity contribution is -0.136. The predicted octanol–water partition coefficient (Wildman–Crippen LogP) is 2.42. The van der Waals surface area contributed by atoms with Crippen LogP contribution < -0.4 is 5.32 Å². The van der Waals surface area contributed by atoms with Crippen molar-refractivity contribution in [3.8, 4) is 0 Å². The van der Waals surface area contributed by atoms with Crippen molar-refractivity contribution in [3.05, 3.63) is 64.7 Å². The van der Waals surface area contributed by atoms with Crippen LogP contribution in [0.15, 0.2) is 48.5 Å². The molecule has 2 aromatic rings. The van der Waals surface area contributed by atoms with Crippen LogP contribution >= 0.6 is 11.6 Å². The van der Waals surface area contributed by atoms with Crippen molar-refractivity contribution < 1.29 is 19.2 Å². The number of fused-ring (bicyclic) bond motifs is 1. The fourth-order valence-electron chi connectivity index (χ4n) is 3.02. The Labute approximate surface area is 166 Å². The first-order valence-electron chi connectivity index (χ1n) is 8.57. The van der Waals surface area contributed by atoms with Gasteiger partial charge in [-0.05, 0) is 43.3 Å². The molecule has 1 aliphatic rings. The van der Waals surface area contributed by atoms with E-state index in [-0.39, 0.29) is 17.7 Å². The van der Waals surface area contributed by atoms with E-state index in [1.807, 2.05) is 0 Å². The maximum Gasteiger partial charge on any atom is 0.262 e. The summed E-state index contributed by atoms with van der Waals surface area (Å²) in [6.07, 6.45) is 0. The van der Waals surface area contributed by atoms with Gasteiger partial charge in [0.2, 0.25) is 11.8 Å². The van der Waals surface area contributed by atoms with Crippen LogP contribution in [0.25, 0.3) is 0 Å². The molecule has 0 saturated carbocycles.